The quantitative estimate of drug-likeness (QED) is 0.253. The lowest BCUT2D eigenvalue weighted by atomic mass is 9.46. The number of esters is 1. The number of aliphatic hydroxyl groups is 1. The molecular weight excluding hydrogens is 538 g/mol. The Morgan fingerprint density at radius 1 is 0.976 bits per heavy atom. The molecule has 4 aliphatic carbocycles. The summed E-state index contributed by atoms with van der Waals surface area (Å²) in [5, 5.41) is 33.4. The van der Waals surface area contributed by atoms with E-state index in [0.717, 1.165) is 44.1 Å². The van der Waals surface area contributed by atoms with Crippen molar-refractivity contribution in [1.29, 1.82) is 0 Å². The van der Waals surface area contributed by atoms with E-state index in [1.54, 1.807) is 6.07 Å². The summed E-state index contributed by atoms with van der Waals surface area (Å²) >= 11 is 0. The number of allylic oxidation sites excluding steroid dienone is 1. The van der Waals surface area contributed by atoms with Crippen LogP contribution in [0.1, 0.15) is 83.6 Å². The predicted molar refractivity (Wildman–Crippen MR) is 153 cm³/mol. The smallest absolute Gasteiger partial charge is 0.306 e. The lowest BCUT2D eigenvalue weighted by molar-refractivity contribution is -0.170. The average Bonchev–Trinajstić information content (AvgIpc) is 3.24. The van der Waals surface area contributed by atoms with Gasteiger partial charge in [0.25, 0.3) is 0 Å². The number of fused-ring (bicyclic) bond motifs is 5. The largest absolute Gasteiger partial charge is 0.504 e. The second-order valence-electron chi connectivity index (χ2n) is 13.3. The average molecular weight is 582 g/mol. The molecule has 0 saturated heterocycles. The van der Waals surface area contributed by atoms with Crippen LogP contribution in [-0.4, -0.2) is 57.5 Å². The predicted octanol–water partition coefficient (Wildman–Crippen LogP) is 3.91. The third kappa shape index (κ3) is 5.36. The molecule has 0 heterocycles. The molecule has 0 aromatic heterocycles. The maximum absolute atomic E-state index is 13.4. The highest BCUT2D eigenvalue weighted by Crippen LogP contribution is 2.67. The molecule has 3 saturated carbocycles. The van der Waals surface area contributed by atoms with E-state index in [9.17, 15) is 34.5 Å². The number of carbonyl (C=O) groups excluding carboxylic acids is 4. The van der Waals surface area contributed by atoms with E-state index < -0.39 is 29.4 Å². The number of ether oxygens (including phenoxy) is 1. The van der Waals surface area contributed by atoms with Crippen LogP contribution in [0.3, 0.4) is 0 Å². The van der Waals surface area contributed by atoms with Crippen molar-refractivity contribution >= 4 is 23.4 Å². The Bertz CT molecular complexity index is 1300. The van der Waals surface area contributed by atoms with Crippen molar-refractivity contribution < 1.29 is 39.2 Å². The van der Waals surface area contributed by atoms with E-state index in [0.29, 0.717) is 37.6 Å². The number of Topliss-reactive ketones (excluding diaryl/α,β-unsaturated/α-hetero) is 1. The van der Waals surface area contributed by atoms with Gasteiger partial charge in [0.15, 0.2) is 23.9 Å². The molecule has 1 amide bonds. The monoisotopic (exact) mass is 581 g/mol. The first-order valence-corrected chi connectivity index (χ1v) is 15.3. The minimum absolute atomic E-state index is 0.0131. The van der Waals surface area contributed by atoms with E-state index in [-0.39, 0.29) is 47.4 Å². The Morgan fingerprint density at radius 3 is 2.50 bits per heavy atom. The van der Waals surface area contributed by atoms with Crippen LogP contribution < -0.4 is 5.32 Å². The molecule has 6 atom stereocenters. The maximum Gasteiger partial charge on any atom is 0.306 e. The first-order valence-electron chi connectivity index (χ1n) is 15.3. The standard InChI is InChI=1S/C33H43NO8/c1-31-13-9-22(35)18-21(31)4-5-23-24(31)10-14-32(2)25(23)11-15-33(32,41)28(38)19-42-30(40)8-7-29(39)34-16-12-20-3-6-26(36)27(37)17-20/h3,6,17-18,23-25,36-37,41H,4-5,7-16,19H2,1-2H3,(H,34,39)/t23-,24-,25-,31-,32+,33-/m0/s1. The Hall–Kier alpha value is -3.20. The number of benzene rings is 1. The number of ketones is 2. The van der Waals surface area contributed by atoms with Gasteiger partial charge in [-0.15, -0.1) is 0 Å². The second kappa shape index (κ2) is 11.5. The first-order chi connectivity index (χ1) is 19.9. The summed E-state index contributed by atoms with van der Waals surface area (Å²) in [7, 11) is 0. The van der Waals surface area contributed by atoms with Crippen LogP contribution in [0.4, 0.5) is 0 Å². The fourth-order valence-corrected chi connectivity index (χ4v) is 8.75. The number of hydrogen-bond donors (Lipinski definition) is 4. The molecule has 4 aliphatic rings. The molecule has 0 unspecified atom stereocenters. The number of carbonyl (C=O) groups is 4. The molecule has 9 heteroatoms. The summed E-state index contributed by atoms with van der Waals surface area (Å²) in [5.74, 6) is -0.657. The Morgan fingerprint density at radius 2 is 1.74 bits per heavy atom. The van der Waals surface area contributed by atoms with Gasteiger partial charge in [0, 0.05) is 24.8 Å². The van der Waals surface area contributed by atoms with Gasteiger partial charge in [0.2, 0.25) is 11.7 Å². The van der Waals surface area contributed by atoms with Crippen LogP contribution in [-0.2, 0) is 30.3 Å². The summed E-state index contributed by atoms with van der Waals surface area (Å²) in [6.07, 6.45) is 8.10. The van der Waals surface area contributed by atoms with Gasteiger partial charge in [-0.3, -0.25) is 19.2 Å². The molecule has 0 spiro atoms. The zero-order valence-electron chi connectivity index (χ0n) is 24.6. The molecule has 4 N–H and O–H groups in total. The third-order valence-electron chi connectivity index (χ3n) is 11.3. The van der Waals surface area contributed by atoms with Gasteiger partial charge in [-0.25, -0.2) is 0 Å². The molecule has 9 nitrogen and oxygen atoms in total. The maximum atomic E-state index is 13.4. The van der Waals surface area contributed by atoms with Crippen LogP contribution >= 0.6 is 0 Å². The fourth-order valence-electron chi connectivity index (χ4n) is 8.75. The highest BCUT2D eigenvalue weighted by molar-refractivity contribution is 5.92. The zero-order chi connectivity index (χ0) is 30.3. The van der Waals surface area contributed by atoms with Crippen molar-refractivity contribution in [3.8, 4) is 11.5 Å². The van der Waals surface area contributed by atoms with Gasteiger partial charge < -0.3 is 25.4 Å². The van der Waals surface area contributed by atoms with E-state index in [1.807, 2.05) is 13.0 Å². The van der Waals surface area contributed by atoms with Crippen LogP contribution in [0.15, 0.2) is 29.8 Å². The normalized spacial score (nSPS) is 33.5. The van der Waals surface area contributed by atoms with E-state index >= 15 is 0 Å². The van der Waals surface area contributed by atoms with Gasteiger partial charge in [0.05, 0.1) is 6.42 Å². The fraction of sp³-hybridized carbons (Fsp3) is 0.636. The minimum Gasteiger partial charge on any atom is -0.504 e. The number of nitrogens with one attached hydrogen (secondary N) is 1. The van der Waals surface area contributed by atoms with Crippen LogP contribution in [0, 0.1) is 28.6 Å². The molecule has 5 rings (SSSR count). The van der Waals surface area contributed by atoms with Gasteiger partial charge in [-0.05, 0) is 98.3 Å². The molecule has 3 fully saturated rings. The molecule has 1 aromatic carbocycles. The van der Waals surface area contributed by atoms with Crippen LogP contribution in [0.5, 0.6) is 11.5 Å². The summed E-state index contributed by atoms with van der Waals surface area (Å²) in [6.45, 7) is 4.12. The number of aromatic hydroxyl groups is 2. The molecule has 1 aromatic rings. The van der Waals surface area contributed by atoms with E-state index in [4.69, 9.17) is 4.74 Å². The molecule has 0 aliphatic heterocycles. The Balaban J connectivity index is 1.10. The molecule has 0 radical (unpaired) electrons. The van der Waals surface area contributed by atoms with Crippen LogP contribution in [0.2, 0.25) is 0 Å². The number of amides is 1. The SMILES string of the molecule is C[C@]12CCC(=O)C=C1CC[C@H]1[C@@H]2CC[C@]2(C)[C@H]1CC[C@]2(O)C(=O)COC(=O)CCC(=O)NCCc1ccc(O)c(O)c1. The number of rotatable bonds is 9. The Kier molecular flexibility index (Phi) is 8.27. The third-order valence-corrected chi connectivity index (χ3v) is 11.3. The molecule has 42 heavy (non-hydrogen) atoms. The van der Waals surface area contributed by atoms with Gasteiger partial charge >= 0.3 is 5.97 Å². The minimum atomic E-state index is -1.55. The highest BCUT2D eigenvalue weighted by atomic mass is 16.5. The van der Waals surface area contributed by atoms with E-state index in [1.165, 1.54) is 17.7 Å². The number of phenolic OH excluding ortho intramolecular Hbond substituents is 2. The van der Waals surface area contributed by atoms with Crippen LogP contribution in [0.25, 0.3) is 0 Å². The van der Waals surface area contributed by atoms with Crippen molar-refractivity contribution in [2.75, 3.05) is 13.2 Å². The zero-order valence-corrected chi connectivity index (χ0v) is 24.6. The number of hydrogen-bond acceptors (Lipinski definition) is 8. The highest BCUT2D eigenvalue weighted by Gasteiger charge is 2.66. The summed E-state index contributed by atoms with van der Waals surface area (Å²) < 4.78 is 5.24. The Labute approximate surface area is 246 Å². The molecule has 0 bridgehead atoms. The summed E-state index contributed by atoms with van der Waals surface area (Å²) in [6, 6.07) is 4.44. The van der Waals surface area contributed by atoms with Crippen molar-refractivity contribution in [2.24, 2.45) is 28.6 Å². The van der Waals surface area contributed by atoms with Gasteiger partial charge in [0.1, 0.15) is 5.60 Å². The molecular formula is C33H43NO8. The van der Waals surface area contributed by atoms with Gasteiger partial charge in [-0.1, -0.05) is 25.5 Å². The lowest BCUT2D eigenvalue weighted by Gasteiger charge is -2.58. The first kappa shape index (κ1) is 30.3. The topological polar surface area (TPSA) is 150 Å². The lowest BCUT2D eigenvalue weighted by Crippen LogP contribution is -2.58. The van der Waals surface area contributed by atoms with Crippen molar-refractivity contribution in [1.82, 2.24) is 5.32 Å². The van der Waals surface area contributed by atoms with Crippen molar-refractivity contribution in [3.05, 3.63) is 35.4 Å². The van der Waals surface area contributed by atoms with Gasteiger partial charge in [-0.2, -0.15) is 0 Å². The van der Waals surface area contributed by atoms with Crippen molar-refractivity contribution in [3.63, 3.8) is 0 Å². The summed E-state index contributed by atoms with van der Waals surface area (Å²) in [4.78, 5) is 50.0. The molecule has 228 valence electrons. The summed E-state index contributed by atoms with van der Waals surface area (Å²) in [5.41, 5.74) is -0.107. The second-order valence-corrected chi connectivity index (χ2v) is 13.3. The number of phenols is 2. The van der Waals surface area contributed by atoms with Crippen molar-refractivity contribution in [2.45, 2.75) is 90.1 Å². The van der Waals surface area contributed by atoms with E-state index in [2.05, 4.69) is 12.2 Å².